The molecule has 0 fully saturated rings. The van der Waals surface area contributed by atoms with E-state index in [-0.39, 0.29) is 0 Å². The minimum Gasteiger partial charge on any atom is -0.310 e. The molecule has 0 bridgehead atoms. The van der Waals surface area contributed by atoms with Crippen LogP contribution < -0.4 is 4.90 Å². The Morgan fingerprint density at radius 1 is 0.171 bits per heavy atom. The summed E-state index contributed by atoms with van der Waals surface area (Å²) in [4.78, 5) is 23.6. The monoisotopic (exact) mass is 1800 g/mol. The van der Waals surface area contributed by atoms with Crippen molar-refractivity contribution < 1.29 is 0 Å². The highest BCUT2D eigenvalue weighted by atomic mass is 32.1. The number of nitrogens with zero attached hydrogens (tertiary/aromatic N) is 5. The first-order valence-electron chi connectivity index (χ1n) is 47.9. The van der Waals surface area contributed by atoms with Gasteiger partial charge >= 0.3 is 0 Å². The Balaban J connectivity index is 0.000000145. The van der Waals surface area contributed by atoms with Crippen LogP contribution in [0.15, 0.2) is 528 Å². The van der Waals surface area contributed by atoms with Crippen molar-refractivity contribution >= 4 is 91.9 Å². The fraction of sp³-hybridized carbons (Fsp3) is 0.0149. The quantitative estimate of drug-likeness (QED) is 0.0903. The van der Waals surface area contributed by atoms with Crippen LogP contribution in [0.3, 0.4) is 0 Å². The van der Waals surface area contributed by atoms with Crippen molar-refractivity contribution in [2.75, 3.05) is 4.90 Å². The molecule has 6 heteroatoms. The van der Waals surface area contributed by atoms with Crippen LogP contribution in [-0.2, 0) is 10.8 Å². The zero-order valence-corrected chi connectivity index (χ0v) is 77.2. The van der Waals surface area contributed by atoms with Gasteiger partial charge in [-0.05, 0) is 207 Å². The molecule has 0 aliphatic heterocycles. The summed E-state index contributed by atoms with van der Waals surface area (Å²) >= 11 is 1.85. The second-order valence-corrected chi connectivity index (χ2v) is 37.6. The second kappa shape index (κ2) is 34.8. The minimum absolute atomic E-state index is 0.477. The van der Waals surface area contributed by atoms with Gasteiger partial charge in [0.1, 0.15) is 0 Å². The average molecular weight is 1800 g/mol. The van der Waals surface area contributed by atoms with Crippen LogP contribution in [0.25, 0.3) is 187 Å². The van der Waals surface area contributed by atoms with Gasteiger partial charge in [-0.25, -0.2) is 19.9 Å². The third-order valence-electron chi connectivity index (χ3n) is 28.7. The molecule has 0 atom stereocenters. The summed E-state index contributed by atoms with van der Waals surface area (Å²) in [7, 11) is 0. The predicted octanol–water partition coefficient (Wildman–Crippen LogP) is 35.1. The number of hydrogen-bond acceptors (Lipinski definition) is 6. The summed E-state index contributed by atoms with van der Waals surface area (Å²) in [6, 6.07) is 191. The van der Waals surface area contributed by atoms with Crippen LogP contribution in [0.5, 0.6) is 0 Å². The highest BCUT2D eigenvalue weighted by Gasteiger charge is 2.48. The topological polar surface area (TPSA) is 54.8 Å². The van der Waals surface area contributed by atoms with Crippen LogP contribution in [-0.4, -0.2) is 19.9 Å². The summed E-state index contributed by atoms with van der Waals surface area (Å²) in [5.41, 5.74) is 37.8. The van der Waals surface area contributed by atoms with Crippen molar-refractivity contribution in [3.63, 3.8) is 0 Å². The standard InChI is InChI=1S/C72H47N3.C62H40N2S/c1-5-17-48(18-6-1)50-29-37-54(38-30-50)68-47-69(75-71(74-68)57-43-35-51(36-44-57)49-19-7-2-8-20-49)55-39-31-52(32-40-55)53-33-41-56(42-34-53)70-64-45-63-60-25-13-15-27-65(60)72(58-21-9-3-10-22-58,59-23-11-4-12-24-59)66(63)46-62(64)61-26-14-16-28-67(61)73-70;1-4-16-44(17-5-1)62(45-18-6-2-7-19-45)56-25-13-10-22-49(56)54-39-55-53(40-57(54)62)50-23-11-14-26-58(50)63-61(55)43-30-28-41(29-31-43)42-32-34-47(35-33-42)64(46-20-8-3-9-21-46)48-36-37-52-51-24-12-15-27-59(51)65-60(52)38-48/h1-47H;1-40H. The molecule has 4 heterocycles. The molecule has 0 unspecified atom stereocenters. The van der Waals surface area contributed by atoms with Crippen molar-refractivity contribution in [2.24, 2.45) is 0 Å². The largest absolute Gasteiger partial charge is 0.310 e. The van der Waals surface area contributed by atoms with E-state index < -0.39 is 10.8 Å². The van der Waals surface area contributed by atoms with E-state index in [9.17, 15) is 0 Å². The molecule has 140 heavy (non-hydrogen) atoms. The first-order valence-corrected chi connectivity index (χ1v) is 48.7. The van der Waals surface area contributed by atoms with Gasteiger partial charge in [-0.2, -0.15) is 0 Å². The lowest BCUT2D eigenvalue weighted by Gasteiger charge is -2.34. The second-order valence-electron chi connectivity index (χ2n) is 36.5. The smallest absolute Gasteiger partial charge is 0.160 e. The van der Waals surface area contributed by atoms with Gasteiger partial charge in [-0.15, -0.1) is 11.3 Å². The molecule has 0 saturated heterocycles. The number of pyridine rings is 2. The van der Waals surface area contributed by atoms with Gasteiger partial charge in [0.05, 0.1) is 44.6 Å². The number of hydrogen-bond donors (Lipinski definition) is 0. The van der Waals surface area contributed by atoms with Gasteiger partial charge in [0.15, 0.2) is 5.82 Å². The maximum Gasteiger partial charge on any atom is 0.160 e. The molecule has 2 aliphatic rings. The number of rotatable bonds is 16. The SMILES string of the molecule is c1ccc(-c2ccc(-c3cc(-c4ccc(-c5ccc(-c6nc7ccccc7c7cc8c(cc67)-c6ccccc6C8(c6ccccc6)c6ccccc6)cc5)cc4)nc(-c4ccc(-c5ccccc5)cc4)n3)cc2)cc1.c1ccc(N(c2ccc(-c3ccc(-c4nc5ccccc5c5cc6c(cc45)-c4ccccc4C6(c4ccccc4)c4ccccc4)cc3)cc2)c2ccc3c(c2)sc2ccccc23)cc1. The van der Waals surface area contributed by atoms with Crippen LogP contribution in [0.2, 0.25) is 0 Å². The molecule has 25 aromatic rings. The van der Waals surface area contributed by atoms with Gasteiger partial charge in [0.25, 0.3) is 0 Å². The Hall–Kier alpha value is -17.9. The zero-order chi connectivity index (χ0) is 92.6. The van der Waals surface area contributed by atoms with Gasteiger partial charge < -0.3 is 4.90 Å². The minimum atomic E-state index is -0.493. The third-order valence-corrected chi connectivity index (χ3v) is 29.9. The molecule has 0 saturated carbocycles. The molecular weight excluding hydrogens is 1710 g/mol. The Labute approximate surface area is 817 Å². The van der Waals surface area contributed by atoms with E-state index in [2.05, 4.69) is 521 Å². The van der Waals surface area contributed by atoms with E-state index in [0.29, 0.717) is 5.82 Å². The Kier molecular flexibility index (Phi) is 20.5. The van der Waals surface area contributed by atoms with Crippen molar-refractivity contribution in [3.05, 3.63) is 572 Å². The Bertz CT molecular complexity index is 8840. The van der Waals surface area contributed by atoms with E-state index in [0.717, 1.165) is 128 Å². The molecule has 2 aliphatic carbocycles. The zero-order valence-electron chi connectivity index (χ0n) is 76.4. The van der Waals surface area contributed by atoms with Gasteiger partial charge in [-0.3, -0.25) is 0 Å². The molecule has 0 N–H and O–H groups in total. The highest BCUT2D eigenvalue weighted by Crippen LogP contribution is 2.60. The lowest BCUT2D eigenvalue weighted by molar-refractivity contribution is 0.769. The first-order chi connectivity index (χ1) is 69.4. The highest BCUT2D eigenvalue weighted by molar-refractivity contribution is 7.25. The van der Waals surface area contributed by atoms with Crippen LogP contribution in [0.4, 0.5) is 17.1 Å². The maximum atomic E-state index is 5.44. The van der Waals surface area contributed by atoms with E-state index in [1.807, 2.05) is 23.5 Å². The molecule has 21 aromatic carbocycles. The van der Waals surface area contributed by atoms with Crippen LogP contribution >= 0.6 is 11.3 Å². The first kappa shape index (κ1) is 82.7. The lowest BCUT2D eigenvalue weighted by Crippen LogP contribution is -2.28. The van der Waals surface area contributed by atoms with Crippen molar-refractivity contribution in [3.8, 4) is 123 Å². The normalized spacial score (nSPS) is 12.5. The fourth-order valence-corrected chi connectivity index (χ4v) is 23.3. The summed E-state index contributed by atoms with van der Waals surface area (Å²) < 4.78 is 2.60. The third kappa shape index (κ3) is 14.2. The Morgan fingerprint density at radius 3 is 0.900 bits per heavy atom. The van der Waals surface area contributed by atoms with E-state index in [1.165, 1.54) is 114 Å². The molecule has 654 valence electrons. The molecule has 4 aromatic heterocycles. The van der Waals surface area contributed by atoms with Crippen LogP contribution in [0.1, 0.15) is 44.5 Å². The van der Waals surface area contributed by atoms with Gasteiger partial charge in [0.2, 0.25) is 0 Å². The molecule has 0 radical (unpaired) electrons. The van der Waals surface area contributed by atoms with Crippen molar-refractivity contribution in [2.45, 2.75) is 10.8 Å². The van der Waals surface area contributed by atoms with Crippen LogP contribution in [0, 0.1) is 0 Å². The number of anilines is 3. The summed E-state index contributed by atoms with van der Waals surface area (Å²) in [6.45, 7) is 0. The summed E-state index contributed by atoms with van der Waals surface area (Å²) in [6.07, 6.45) is 0. The maximum absolute atomic E-state index is 5.44. The van der Waals surface area contributed by atoms with E-state index in [1.54, 1.807) is 0 Å². The number of benzene rings is 21. The number of thiophene rings is 1. The molecule has 27 rings (SSSR count). The fourth-order valence-electron chi connectivity index (χ4n) is 22.1. The Morgan fingerprint density at radius 2 is 0.479 bits per heavy atom. The van der Waals surface area contributed by atoms with Crippen molar-refractivity contribution in [1.82, 2.24) is 19.9 Å². The average Bonchev–Trinajstić information content (AvgIpc) is 1.53. The van der Waals surface area contributed by atoms with Gasteiger partial charge in [0, 0.05) is 86.6 Å². The number of fused-ring (bicyclic) bond motifs is 15. The number of para-hydroxylation sites is 3. The summed E-state index contributed by atoms with van der Waals surface area (Å²) in [5.74, 6) is 0.685. The van der Waals surface area contributed by atoms with Crippen molar-refractivity contribution in [1.29, 1.82) is 0 Å². The predicted molar refractivity (Wildman–Crippen MR) is 585 cm³/mol. The van der Waals surface area contributed by atoms with E-state index >= 15 is 0 Å². The number of aromatic nitrogens is 4. The van der Waals surface area contributed by atoms with E-state index in [4.69, 9.17) is 19.9 Å². The summed E-state index contributed by atoms with van der Waals surface area (Å²) in [5, 5.41) is 9.62. The lowest BCUT2D eigenvalue weighted by atomic mass is 9.67. The molecular formula is C134H87N5S. The van der Waals surface area contributed by atoms with Gasteiger partial charge in [-0.1, -0.05) is 443 Å². The molecule has 0 spiro atoms. The molecule has 5 nitrogen and oxygen atoms in total. The molecule has 0 amide bonds.